The highest BCUT2D eigenvalue weighted by Gasteiger charge is 2.15. The Morgan fingerprint density at radius 1 is 1.35 bits per heavy atom. The van der Waals surface area contributed by atoms with Gasteiger partial charge in [-0.25, -0.2) is 4.39 Å². The number of rotatable bonds is 4. The molecule has 1 fully saturated rings. The lowest BCUT2D eigenvalue weighted by Crippen LogP contribution is -2.33. The van der Waals surface area contributed by atoms with E-state index < -0.39 is 11.4 Å². The fraction of sp³-hybridized carbons (Fsp3) is 0.412. The molecule has 5 nitrogen and oxygen atoms in total. The molecule has 1 aromatic heterocycles. The van der Waals surface area contributed by atoms with Gasteiger partial charge in [0.1, 0.15) is 5.82 Å². The lowest BCUT2D eigenvalue weighted by atomic mass is 9.96. The SMILES string of the molecule is O=C(NCCC1CCCNC1)c1cc(=O)[nH]c2cc(F)ccc12. The number of piperidine rings is 1. The number of carbonyl (C=O) groups excluding carboxylic acids is 1. The standard InChI is InChI=1S/C17H20FN3O2/c18-12-3-4-13-14(9-16(22)21-15(13)8-12)17(23)20-7-5-11-2-1-6-19-10-11/h3-4,8-9,11,19H,1-2,5-7,10H2,(H,20,23)(H,21,22). The summed E-state index contributed by atoms with van der Waals surface area (Å²) in [6.45, 7) is 2.63. The molecule has 0 spiro atoms. The number of aromatic amines is 1. The van der Waals surface area contributed by atoms with Crippen LogP contribution < -0.4 is 16.2 Å². The van der Waals surface area contributed by atoms with Gasteiger partial charge < -0.3 is 15.6 Å². The molecule has 2 aromatic rings. The lowest BCUT2D eigenvalue weighted by Gasteiger charge is -2.22. The van der Waals surface area contributed by atoms with E-state index in [2.05, 4.69) is 15.6 Å². The maximum absolute atomic E-state index is 13.3. The quantitative estimate of drug-likeness (QED) is 0.805. The molecule has 1 aromatic carbocycles. The second-order valence-electron chi connectivity index (χ2n) is 5.99. The number of pyridine rings is 1. The number of amides is 1. The number of carbonyl (C=O) groups is 1. The summed E-state index contributed by atoms with van der Waals surface area (Å²) in [5, 5.41) is 6.76. The van der Waals surface area contributed by atoms with Crippen molar-refractivity contribution in [1.82, 2.24) is 15.6 Å². The zero-order chi connectivity index (χ0) is 16.2. The summed E-state index contributed by atoms with van der Waals surface area (Å²) in [4.78, 5) is 26.6. The zero-order valence-corrected chi connectivity index (χ0v) is 12.8. The molecule has 1 saturated heterocycles. The molecule has 1 unspecified atom stereocenters. The normalized spacial score (nSPS) is 18.0. The summed E-state index contributed by atoms with van der Waals surface area (Å²) in [5.41, 5.74) is 0.203. The van der Waals surface area contributed by atoms with Crippen molar-refractivity contribution < 1.29 is 9.18 Å². The summed E-state index contributed by atoms with van der Waals surface area (Å²) in [5.74, 6) is -0.166. The average Bonchev–Trinajstić information content (AvgIpc) is 2.54. The molecular formula is C17H20FN3O2. The van der Waals surface area contributed by atoms with Crippen LogP contribution in [0.3, 0.4) is 0 Å². The van der Waals surface area contributed by atoms with Crippen LogP contribution in [0.4, 0.5) is 4.39 Å². The van der Waals surface area contributed by atoms with Gasteiger partial charge in [-0.05, 0) is 56.5 Å². The van der Waals surface area contributed by atoms with Crippen LogP contribution >= 0.6 is 0 Å². The van der Waals surface area contributed by atoms with E-state index in [4.69, 9.17) is 0 Å². The fourth-order valence-electron chi connectivity index (χ4n) is 3.08. The smallest absolute Gasteiger partial charge is 0.252 e. The van der Waals surface area contributed by atoms with Crippen molar-refractivity contribution in [1.29, 1.82) is 0 Å². The molecule has 0 saturated carbocycles. The number of aromatic nitrogens is 1. The molecule has 2 heterocycles. The largest absolute Gasteiger partial charge is 0.352 e. The average molecular weight is 317 g/mol. The minimum absolute atomic E-state index is 0.283. The molecule has 122 valence electrons. The van der Waals surface area contributed by atoms with Crippen LogP contribution in [0.5, 0.6) is 0 Å². The summed E-state index contributed by atoms with van der Waals surface area (Å²) < 4.78 is 13.3. The Kier molecular flexibility index (Phi) is 4.71. The molecule has 3 rings (SSSR count). The van der Waals surface area contributed by atoms with Gasteiger partial charge in [-0.15, -0.1) is 0 Å². The van der Waals surface area contributed by atoms with Crippen LogP contribution in [-0.2, 0) is 0 Å². The van der Waals surface area contributed by atoms with Crippen LogP contribution in [0, 0.1) is 11.7 Å². The molecule has 1 atom stereocenters. The third kappa shape index (κ3) is 3.76. The van der Waals surface area contributed by atoms with Gasteiger partial charge >= 0.3 is 0 Å². The van der Waals surface area contributed by atoms with E-state index in [1.54, 1.807) is 0 Å². The molecule has 1 aliphatic rings. The second kappa shape index (κ2) is 6.91. The molecule has 1 aliphatic heterocycles. The van der Waals surface area contributed by atoms with Crippen molar-refractivity contribution in [3.05, 3.63) is 46.0 Å². The molecule has 0 bridgehead atoms. The second-order valence-corrected chi connectivity index (χ2v) is 5.99. The fourth-order valence-corrected chi connectivity index (χ4v) is 3.08. The highest BCUT2D eigenvalue weighted by Crippen LogP contribution is 2.17. The van der Waals surface area contributed by atoms with Crippen LogP contribution in [0.1, 0.15) is 29.6 Å². The van der Waals surface area contributed by atoms with E-state index in [1.165, 1.54) is 37.1 Å². The van der Waals surface area contributed by atoms with Crippen molar-refractivity contribution in [3.8, 4) is 0 Å². The zero-order valence-electron chi connectivity index (χ0n) is 12.8. The van der Waals surface area contributed by atoms with Crippen molar-refractivity contribution in [2.45, 2.75) is 19.3 Å². The Labute approximate surface area is 133 Å². The van der Waals surface area contributed by atoms with E-state index >= 15 is 0 Å². The van der Waals surface area contributed by atoms with Crippen molar-refractivity contribution in [2.24, 2.45) is 5.92 Å². The lowest BCUT2D eigenvalue weighted by molar-refractivity contribution is 0.0952. The number of hydrogen-bond acceptors (Lipinski definition) is 3. The Balaban J connectivity index is 1.71. The van der Waals surface area contributed by atoms with E-state index in [-0.39, 0.29) is 11.5 Å². The van der Waals surface area contributed by atoms with Gasteiger partial charge in [0.2, 0.25) is 5.56 Å². The number of fused-ring (bicyclic) bond motifs is 1. The minimum Gasteiger partial charge on any atom is -0.352 e. The first-order chi connectivity index (χ1) is 11.1. The number of nitrogens with one attached hydrogen (secondary N) is 3. The first kappa shape index (κ1) is 15.7. The topological polar surface area (TPSA) is 74.0 Å². The maximum Gasteiger partial charge on any atom is 0.252 e. The number of halogens is 1. The monoisotopic (exact) mass is 317 g/mol. The summed E-state index contributed by atoms with van der Waals surface area (Å²) in [6.07, 6.45) is 3.26. The van der Waals surface area contributed by atoms with Crippen LogP contribution in [-0.4, -0.2) is 30.5 Å². The summed E-state index contributed by atoms with van der Waals surface area (Å²) in [7, 11) is 0. The third-order valence-electron chi connectivity index (χ3n) is 4.29. The molecule has 0 radical (unpaired) electrons. The molecule has 0 aliphatic carbocycles. The predicted octanol–water partition coefficient (Wildman–Crippen LogP) is 1.79. The van der Waals surface area contributed by atoms with Crippen LogP contribution in [0.2, 0.25) is 0 Å². The number of H-pyrrole nitrogens is 1. The van der Waals surface area contributed by atoms with E-state index in [0.29, 0.717) is 23.4 Å². The highest BCUT2D eigenvalue weighted by atomic mass is 19.1. The van der Waals surface area contributed by atoms with E-state index in [9.17, 15) is 14.0 Å². The van der Waals surface area contributed by atoms with Crippen molar-refractivity contribution in [3.63, 3.8) is 0 Å². The van der Waals surface area contributed by atoms with Crippen LogP contribution in [0.25, 0.3) is 10.9 Å². The van der Waals surface area contributed by atoms with Gasteiger partial charge in [-0.1, -0.05) is 0 Å². The third-order valence-corrected chi connectivity index (χ3v) is 4.29. The van der Waals surface area contributed by atoms with Gasteiger partial charge in [0.25, 0.3) is 5.91 Å². The molecule has 6 heteroatoms. The van der Waals surface area contributed by atoms with Crippen LogP contribution in [0.15, 0.2) is 29.1 Å². The molecule has 23 heavy (non-hydrogen) atoms. The Hall–Kier alpha value is -2.21. The number of hydrogen-bond donors (Lipinski definition) is 3. The first-order valence-corrected chi connectivity index (χ1v) is 7.95. The minimum atomic E-state index is -0.449. The van der Waals surface area contributed by atoms with Crippen molar-refractivity contribution in [2.75, 3.05) is 19.6 Å². The summed E-state index contributed by atoms with van der Waals surface area (Å²) >= 11 is 0. The van der Waals surface area contributed by atoms with E-state index in [1.807, 2.05) is 0 Å². The summed E-state index contributed by atoms with van der Waals surface area (Å²) in [6, 6.07) is 5.28. The molecular weight excluding hydrogens is 297 g/mol. The van der Waals surface area contributed by atoms with Crippen molar-refractivity contribution >= 4 is 16.8 Å². The van der Waals surface area contributed by atoms with Gasteiger partial charge in [0.05, 0.1) is 11.1 Å². The molecule has 1 amide bonds. The van der Waals surface area contributed by atoms with E-state index in [0.717, 1.165) is 19.5 Å². The highest BCUT2D eigenvalue weighted by molar-refractivity contribution is 6.05. The Morgan fingerprint density at radius 2 is 2.22 bits per heavy atom. The van der Waals surface area contributed by atoms with Gasteiger partial charge in [0.15, 0.2) is 0 Å². The van der Waals surface area contributed by atoms with Gasteiger partial charge in [-0.3, -0.25) is 9.59 Å². The maximum atomic E-state index is 13.3. The Morgan fingerprint density at radius 3 is 3.00 bits per heavy atom. The first-order valence-electron chi connectivity index (χ1n) is 7.95. The van der Waals surface area contributed by atoms with Gasteiger partial charge in [-0.2, -0.15) is 0 Å². The van der Waals surface area contributed by atoms with Gasteiger partial charge in [0, 0.05) is 18.0 Å². The number of benzene rings is 1. The molecule has 3 N–H and O–H groups in total. The Bertz CT molecular complexity index is 766. The predicted molar refractivity (Wildman–Crippen MR) is 87.1 cm³/mol.